The van der Waals surface area contributed by atoms with Crippen LogP contribution in [0.3, 0.4) is 0 Å². The Hall–Kier alpha value is -3.15. The van der Waals surface area contributed by atoms with Gasteiger partial charge in [0.2, 0.25) is 0 Å². The zero-order chi connectivity index (χ0) is 19.2. The molecule has 5 nitrogen and oxygen atoms in total. The van der Waals surface area contributed by atoms with E-state index in [1.54, 1.807) is 35.4 Å². The van der Waals surface area contributed by atoms with E-state index >= 15 is 0 Å². The van der Waals surface area contributed by atoms with Crippen LogP contribution in [-0.4, -0.2) is 15.6 Å². The highest BCUT2D eigenvalue weighted by Crippen LogP contribution is 2.22. The molecule has 0 spiro atoms. The average Bonchev–Trinajstić information content (AvgIpc) is 3.15. The van der Waals surface area contributed by atoms with E-state index in [1.807, 2.05) is 24.3 Å². The molecule has 3 rings (SSSR count). The lowest BCUT2D eigenvalue weighted by Crippen LogP contribution is -2.20. The monoisotopic (exact) mass is 367 g/mol. The van der Waals surface area contributed by atoms with Crippen molar-refractivity contribution in [3.8, 4) is 0 Å². The number of aromatic nitrogens is 2. The highest BCUT2D eigenvalue weighted by molar-refractivity contribution is 5.84. The van der Waals surface area contributed by atoms with E-state index in [9.17, 15) is 9.18 Å². The Morgan fingerprint density at radius 2 is 1.78 bits per heavy atom. The van der Waals surface area contributed by atoms with Crippen LogP contribution in [0.15, 0.2) is 67.3 Å². The number of hydrogen-bond donors (Lipinski definition) is 1. The lowest BCUT2D eigenvalue weighted by atomic mass is 10.0. The zero-order valence-corrected chi connectivity index (χ0v) is 15.3. The number of carbonyl (C=O) groups is 1. The van der Waals surface area contributed by atoms with Gasteiger partial charge >= 0.3 is 6.09 Å². The maximum atomic E-state index is 13.2. The van der Waals surface area contributed by atoms with Crippen LogP contribution in [0.5, 0.6) is 0 Å². The summed E-state index contributed by atoms with van der Waals surface area (Å²) in [5.41, 5.74) is 2.55. The molecular weight excluding hydrogens is 345 g/mol. The Kier molecular flexibility index (Phi) is 5.86. The largest absolute Gasteiger partial charge is 0.439 e. The molecule has 2 aromatic carbocycles. The summed E-state index contributed by atoms with van der Waals surface area (Å²) in [6.07, 6.45) is 3.93. The first-order chi connectivity index (χ1) is 13.0. The molecule has 0 aliphatic rings. The van der Waals surface area contributed by atoms with Crippen LogP contribution in [0.25, 0.3) is 0 Å². The van der Waals surface area contributed by atoms with Gasteiger partial charge in [-0.3, -0.25) is 5.32 Å². The first-order valence-corrected chi connectivity index (χ1v) is 8.80. The zero-order valence-electron chi connectivity index (χ0n) is 15.3. The molecule has 140 valence electrons. The van der Waals surface area contributed by atoms with E-state index in [2.05, 4.69) is 24.1 Å². The van der Waals surface area contributed by atoms with Crippen molar-refractivity contribution in [2.75, 3.05) is 5.32 Å². The predicted octanol–water partition coefficient (Wildman–Crippen LogP) is 5.14. The van der Waals surface area contributed by atoms with Crippen LogP contribution < -0.4 is 5.32 Å². The number of imidazole rings is 1. The first-order valence-electron chi connectivity index (χ1n) is 8.80. The molecule has 1 N–H and O–H groups in total. The van der Waals surface area contributed by atoms with Gasteiger partial charge < -0.3 is 9.30 Å². The third kappa shape index (κ3) is 5.17. The number of benzene rings is 2. The molecule has 0 aliphatic heterocycles. The van der Waals surface area contributed by atoms with E-state index in [-0.39, 0.29) is 5.82 Å². The number of rotatable bonds is 6. The van der Waals surface area contributed by atoms with Crippen LogP contribution in [-0.2, 0) is 11.3 Å². The van der Waals surface area contributed by atoms with Gasteiger partial charge in [-0.1, -0.05) is 38.1 Å². The fraction of sp³-hybridized carbons (Fsp3) is 0.238. The molecule has 6 heteroatoms. The SMILES string of the molecule is CC(C)c1ccc(NC(=O)O[C@H](Cn2ccnc2)c2ccc(F)cc2)cc1. The molecule has 1 heterocycles. The Labute approximate surface area is 157 Å². The third-order valence-electron chi connectivity index (χ3n) is 4.25. The van der Waals surface area contributed by atoms with Crippen molar-refractivity contribution in [2.24, 2.45) is 0 Å². The number of nitrogens with zero attached hydrogens (tertiary/aromatic N) is 2. The Bertz CT molecular complexity index is 859. The Morgan fingerprint density at radius 3 is 2.37 bits per heavy atom. The fourth-order valence-electron chi connectivity index (χ4n) is 2.70. The minimum absolute atomic E-state index is 0.338. The molecule has 0 bridgehead atoms. The number of hydrogen-bond acceptors (Lipinski definition) is 3. The van der Waals surface area contributed by atoms with Gasteiger partial charge in [-0.25, -0.2) is 14.2 Å². The van der Waals surface area contributed by atoms with Gasteiger partial charge in [0.1, 0.15) is 11.9 Å². The molecule has 1 aromatic heterocycles. The van der Waals surface area contributed by atoms with E-state index in [4.69, 9.17) is 4.74 Å². The molecule has 1 amide bonds. The van der Waals surface area contributed by atoms with Gasteiger partial charge in [0, 0.05) is 18.1 Å². The minimum Gasteiger partial charge on any atom is -0.439 e. The van der Waals surface area contributed by atoms with Crippen LogP contribution >= 0.6 is 0 Å². The first kappa shape index (κ1) is 18.6. The van der Waals surface area contributed by atoms with Crippen LogP contribution in [0.2, 0.25) is 0 Å². The van der Waals surface area contributed by atoms with E-state index < -0.39 is 12.2 Å². The quantitative estimate of drug-likeness (QED) is 0.657. The molecule has 3 aromatic rings. The number of nitrogens with one attached hydrogen (secondary N) is 1. The van der Waals surface area contributed by atoms with Crippen molar-refractivity contribution < 1.29 is 13.9 Å². The van der Waals surface area contributed by atoms with E-state index in [1.165, 1.54) is 17.7 Å². The van der Waals surface area contributed by atoms with Crippen LogP contribution in [0.1, 0.15) is 37.0 Å². The van der Waals surface area contributed by atoms with Crippen LogP contribution in [0.4, 0.5) is 14.9 Å². The summed E-state index contributed by atoms with van der Waals surface area (Å²) in [4.78, 5) is 16.4. The molecule has 1 atom stereocenters. The maximum Gasteiger partial charge on any atom is 0.412 e. The average molecular weight is 367 g/mol. The molecule has 0 saturated carbocycles. The summed E-state index contributed by atoms with van der Waals surface area (Å²) < 4.78 is 20.6. The molecule has 0 fully saturated rings. The Balaban J connectivity index is 1.70. The Morgan fingerprint density at radius 1 is 1.11 bits per heavy atom. The van der Waals surface area contributed by atoms with Gasteiger partial charge in [0.05, 0.1) is 12.9 Å². The maximum absolute atomic E-state index is 13.2. The highest BCUT2D eigenvalue weighted by atomic mass is 19.1. The minimum atomic E-state index is -0.574. The molecule has 0 unspecified atom stereocenters. The lowest BCUT2D eigenvalue weighted by molar-refractivity contribution is 0.0997. The van der Waals surface area contributed by atoms with Gasteiger partial charge in [-0.15, -0.1) is 0 Å². The summed E-state index contributed by atoms with van der Waals surface area (Å²) in [5.74, 6) is 0.0823. The summed E-state index contributed by atoms with van der Waals surface area (Å²) in [6.45, 7) is 4.60. The number of ether oxygens (including phenoxy) is 1. The number of carbonyl (C=O) groups excluding carboxylic acids is 1. The second kappa shape index (κ2) is 8.49. The van der Waals surface area contributed by atoms with Crippen molar-refractivity contribution >= 4 is 11.8 Å². The van der Waals surface area contributed by atoms with Crippen molar-refractivity contribution in [1.82, 2.24) is 9.55 Å². The van der Waals surface area contributed by atoms with Crippen molar-refractivity contribution in [2.45, 2.75) is 32.4 Å². The normalized spacial score (nSPS) is 12.0. The summed E-state index contributed by atoms with van der Waals surface area (Å²) >= 11 is 0. The second-order valence-corrected chi connectivity index (χ2v) is 6.61. The summed E-state index contributed by atoms with van der Waals surface area (Å²) in [6, 6.07) is 13.6. The van der Waals surface area contributed by atoms with Crippen molar-refractivity contribution in [3.63, 3.8) is 0 Å². The smallest absolute Gasteiger partial charge is 0.412 e. The second-order valence-electron chi connectivity index (χ2n) is 6.61. The molecule has 0 aliphatic carbocycles. The number of anilines is 1. The number of halogens is 1. The summed E-state index contributed by atoms with van der Waals surface area (Å²) in [7, 11) is 0. The van der Waals surface area contributed by atoms with E-state index in [0.29, 0.717) is 23.7 Å². The van der Waals surface area contributed by atoms with Gasteiger partial charge in [-0.05, 0) is 41.3 Å². The predicted molar refractivity (Wildman–Crippen MR) is 102 cm³/mol. The highest BCUT2D eigenvalue weighted by Gasteiger charge is 2.18. The summed E-state index contributed by atoms with van der Waals surface area (Å²) in [5, 5.41) is 2.74. The van der Waals surface area contributed by atoms with Gasteiger partial charge in [0.15, 0.2) is 0 Å². The van der Waals surface area contributed by atoms with Crippen molar-refractivity contribution in [1.29, 1.82) is 0 Å². The van der Waals surface area contributed by atoms with Crippen LogP contribution in [0, 0.1) is 5.82 Å². The standard InChI is InChI=1S/C21H22FN3O2/c1-15(2)16-5-9-19(10-6-16)24-21(26)27-20(13-25-12-11-23-14-25)17-3-7-18(22)8-4-17/h3-12,14-15,20H,13H2,1-2H3,(H,24,26)/t20-/m1/s1. The molecular formula is C21H22FN3O2. The third-order valence-corrected chi connectivity index (χ3v) is 4.25. The van der Waals surface area contributed by atoms with Gasteiger partial charge in [0.25, 0.3) is 0 Å². The molecule has 27 heavy (non-hydrogen) atoms. The fourth-order valence-corrected chi connectivity index (χ4v) is 2.70. The lowest BCUT2D eigenvalue weighted by Gasteiger charge is -2.19. The van der Waals surface area contributed by atoms with Crippen molar-refractivity contribution in [3.05, 3.63) is 84.2 Å². The molecule has 0 saturated heterocycles. The topological polar surface area (TPSA) is 56.1 Å². The number of amides is 1. The molecule has 0 radical (unpaired) electrons. The van der Waals surface area contributed by atoms with Gasteiger partial charge in [-0.2, -0.15) is 0 Å². The van der Waals surface area contributed by atoms with E-state index in [0.717, 1.165) is 0 Å².